The number of amides is 1. The maximum absolute atomic E-state index is 13.2. The quantitative estimate of drug-likeness (QED) is 0.474. The van der Waals surface area contributed by atoms with Crippen LogP contribution in [0.15, 0.2) is 71.7 Å². The summed E-state index contributed by atoms with van der Waals surface area (Å²) in [4.78, 5) is 19.7. The standard InChI is InChI=1S/C23H21N3O2S/c27-23(26-11-4-7-21(26)18-9-12-29-16-18)17-5-3-6-20(13-17)28-15-19-14-25-10-2-1-8-22(25)24-19/h1-3,5-6,8-10,12-14,16,21H,4,7,11,15H2. The first-order chi connectivity index (χ1) is 14.3. The number of likely N-dealkylation sites (tertiary alicyclic amines) is 1. The molecule has 0 spiro atoms. The number of ether oxygens (including phenoxy) is 1. The van der Waals surface area contributed by atoms with Gasteiger partial charge in [-0.25, -0.2) is 4.98 Å². The van der Waals surface area contributed by atoms with Crippen molar-refractivity contribution in [1.82, 2.24) is 14.3 Å². The first-order valence-corrected chi connectivity index (χ1v) is 10.7. The minimum Gasteiger partial charge on any atom is -0.487 e. The zero-order valence-electron chi connectivity index (χ0n) is 15.9. The van der Waals surface area contributed by atoms with Gasteiger partial charge in [-0.3, -0.25) is 4.79 Å². The van der Waals surface area contributed by atoms with Crippen molar-refractivity contribution in [3.63, 3.8) is 0 Å². The second-order valence-corrected chi connectivity index (χ2v) is 8.01. The fraction of sp³-hybridized carbons (Fsp3) is 0.217. The number of thiophene rings is 1. The average Bonchev–Trinajstić information content (AvgIpc) is 3.51. The first kappa shape index (κ1) is 17.9. The smallest absolute Gasteiger partial charge is 0.254 e. The summed E-state index contributed by atoms with van der Waals surface area (Å²) in [5.74, 6) is 0.746. The molecule has 0 radical (unpaired) electrons. The molecule has 1 atom stereocenters. The van der Waals surface area contributed by atoms with Crippen LogP contribution in [0.2, 0.25) is 0 Å². The number of carbonyl (C=O) groups is 1. The molecule has 0 N–H and O–H groups in total. The third kappa shape index (κ3) is 3.63. The van der Waals surface area contributed by atoms with Crippen LogP contribution >= 0.6 is 11.3 Å². The average molecular weight is 404 g/mol. The number of hydrogen-bond acceptors (Lipinski definition) is 4. The van der Waals surface area contributed by atoms with Gasteiger partial charge in [-0.2, -0.15) is 11.3 Å². The zero-order chi connectivity index (χ0) is 19.6. The van der Waals surface area contributed by atoms with Crippen LogP contribution in [0.5, 0.6) is 5.75 Å². The Balaban J connectivity index is 1.30. The van der Waals surface area contributed by atoms with Crippen molar-refractivity contribution < 1.29 is 9.53 Å². The van der Waals surface area contributed by atoms with Gasteiger partial charge in [0.15, 0.2) is 0 Å². The molecule has 5 nitrogen and oxygen atoms in total. The summed E-state index contributed by atoms with van der Waals surface area (Å²) >= 11 is 1.68. The Hall–Kier alpha value is -3.12. The fourth-order valence-corrected chi connectivity index (χ4v) is 4.63. The minimum absolute atomic E-state index is 0.0666. The van der Waals surface area contributed by atoms with Crippen LogP contribution in [0.4, 0.5) is 0 Å². The number of aromatic nitrogens is 2. The van der Waals surface area contributed by atoms with Crippen molar-refractivity contribution in [2.24, 2.45) is 0 Å². The predicted molar refractivity (Wildman–Crippen MR) is 113 cm³/mol. The molecule has 4 aromatic rings. The van der Waals surface area contributed by atoms with Crippen molar-refractivity contribution in [2.45, 2.75) is 25.5 Å². The number of fused-ring (bicyclic) bond motifs is 1. The molecule has 1 aliphatic rings. The molecule has 146 valence electrons. The Morgan fingerprint density at radius 3 is 3.03 bits per heavy atom. The Morgan fingerprint density at radius 2 is 2.17 bits per heavy atom. The first-order valence-electron chi connectivity index (χ1n) is 9.76. The van der Waals surface area contributed by atoms with E-state index in [1.165, 1.54) is 5.56 Å². The largest absolute Gasteiger partial charge is 0.487 e. The summed E-state index contributed by atoms with van der Waals surface area (Å²) in [5, 5.41) is 4.22. The molecule has 5 rings (SSSR count). The summed E-state index contributed by atoms with van der Waals surface area (Å²) < 4.78 is 7.90. The molecular formula is C23H21N3O2S. The number of hydrogen-bond donors (Lipinski definition) is 0. The van der Waals surface area contributed by atoms with Gasteiger partial charge in [-0.1, -0.05) is 12.1 Å². The lowest BCUT2D eigenvalue weighted by molar-refractivity contribution is 0.0735. The highest BCUT2D eigenvalue weighted by Gasteiger charge is 2.30. The van der Waals surface area contributed by atoms with Crippen LogP contribution in [0, 0.1) is 0 Å². The van der Waals surface area contributed by atoms with E-state index < -0.39 is 0 Å². The Labute approximate surface area is 173 Å². The zero-order valence-corrected chi connectivity index (χ0v) is 16.7. The molecule has 0 aliphatic carbocycles. The molecule has 1 unspecified atom stereocenters. The molecule has 6 heteroatoms. The van der Waals surface area contributed by atoms with Crippen LogP contribution in [-0.4, -0.2) is 26.7 Å². The molecule has 3 aromatic heterocycles. The second kappa shape index (κ2) is 7.72. The van der Waals surface area contributed by atoms with Gasteiger partial charge >= 0.3 is 0 Å². The van der Waals surface area contributed by atoms with E-state index in [2.05, 4.69) is 21.8 Å². The molecular weight excluding hydrogens is 382 g/mol. The molecule has 1 saturated heterocycles. The van der Waals surface area contributed by atoms with Gasteiger partial charge in [-0.15, -0.1) is 0 Å². The van der Waals surface area contributed by atoms with E-state index in [1.54, 1.807) is 11.3 Å². The van der Waals surface area contributed by atoms with Crippen molar-refractivity contribution in [3.05, 3.63) is 88.5 Å². The van der Waals surface area contributed by atoms with Crippen molar-refractivity contribution in [1.29, 1.82) is 0 Å². The van der Waals surface area contributed by atoms with Gasteiger partial charge in [-0.05, 0) is 65.6 Å². The van der Waals surface area contributed by atoms with Crippen LogP contribution in [0.3, 0.4) is 0 Å². The Kier molecular flexibility index (Phi) is 4.77. The van der Waals surface area contributed by atoms with Crippen LogP contribution < -0.4 is 4.74 Å². The summed E-state index contributed by atoms with van der Waals surface area (Å²) in [6.07, 6.45) is 5.98. The number of rotatable bonds is 5. The third-order valence-corrected chi connectivity index (χ3v) is 6.02. The molecule has 4 heterocycles. The topological polar surface area (TPSA) is 46.8 Å². The van der Waals surface area contributed by atoms with Crippen LogP contribution in [0.25, 0.3) is 5.65 Å². The van der Waals surface area contributed by atoms with E-state index >= 15 is 0 Å². The van der Waals surface area contributed by atoms with Gasteiger partial charge in [0.25, 0.3) is 5.91 Å². The van der Waals surface area contributed by atoms with Gasteiger partial charge in [0, 0.05) is 24.5 Å². The van der Waals surface area contributed by atoms with E-state index in [0.717, 1.165) is 30.7 Å². The number of nitrogens with zero attached hydrogens (tertiary/aromatic N) is 3. The highest BCUT2D eigenvalue weighted by atomic mass is 32.1. The molecule has 0 bridgehead atoms. The number of carbonyl (C=O) groups excluding carboxylic acids is 1. The lowest BCUT2D eigenvalue weighted by Crippen LogP contribution is -2.30. The summed E-state index contributed by atoms with van der Waals surface area (Å²) in [7, 11) is 0. The van der Waals surface area contributed by atoms with Crippen molar-refractivity contribution in [2.75, 3.05) is 6.54 Å². The molecule has 1 aromatic carbocycles. The van der Waals surface area contributed by atoms with E-state index in [9.17, 15) is 4.79 Å². The molecule has 0 saturated carbocycles. The lowest BCUT2D eigenvalue weighted by Gasteiger charge is -2.24. The fourth-order valence-electron chi connectivity index (χ4n) is 3.92. The van der Waals surface area contributed by atoms with Crippen molar-refractivity contribution >= 4 is 22.9 Å². The van der Waals surface area contributed by atoms with E-state index in [4.69, 9.17) is 4.74 Å². The van der Waals surface area contributed by atoms with Gasteiger partial charge in [0.05, 0.1) is 11.7 Å². The second-order valence-electron chi connectivity index (χ2n) is 7.23. The number of pyridine rings is 1. The maximum atomic E-state index is 13.2. The number of benzene rings is 1. The van der Waals surface area contributed by atoms with Gasteiger partial charge in [0.2, 0.25) is 0 Å². The monoisotopic (exact) mass is 403 g/mol. The lowest BCUT2D eigenvalue weighted by atomic mass is 10.1. The van der Waals surface area contributed by atoms with Crippen LogP contribution in [-0.2, 0) is 6.61 Å². The molecule has 1 fully saturated rings. The van der Waals surface area contributed by atoms with Gasteiger partial charge in [0.1, 0.15) is 18.0 Å². The highest BCUT2D eigenvalue weighted by Crippen LogP contribution is 2.34. The highest BCUT2D eigenvalue weighted by molar-refractivity contribution is 7.08. The molecule has 1 amide bonds. The summed E-state index contributed by atoms with van der Waals surface area (Å²) in [6.45, 7) is 1.16. The predicted octanol–water partition coefficient (Wildman–Crippen LogP) is 4.95. The number of imidazole rings is 1. The normalized spacial score (nSPS) is 16.4. The van der Waals surface area contributed by atoms with Gasteiger partial charge < -0.3 is 14.0 Å². The molecule has 1 aliphatic heterocycles. The van der Waals surface area contributed by atoms with E-state index in [0.29, 0.717) is 17.9 Å². The minimum atomic E-state index is 0.0666. The maximum Gasteiger partial charge on any atom is 0.254 e. The Bertz CT molecular complexity index is 1100. The summed E-state index contributed by atoms with van der Waals surface area (Å²) in [6, 6.07) is 15.6. The Morgan fingerprint density at radius 1 is 1.21 bits per heavy atom. The molecule has 29 heavy (non-hydrogen) atoms. The summed E-state index contributed by atoms with van der Waals surface area (Å²) in [5.41, 5.74) is 3.65. The van der Waals surface area contributed by atoms with E-state index in [-0.39, 0.29) is 11.9 Å². The SMILES string of the molecule is O=C(c1cccc(OCc2cn3ccccc3n2)c1)N1CCCC1c1ccsc1. The van der Waals surface area contributed by atoms with Crippen molar-refractivity contribution in [3.8, 4) is 5.75 Å². The van der Waals surface area contributed by atoms with Crippen LogP contribution in [0.1, 0.15) is 40.5 Å². The van der Waals surface area contributed by atoms with E-state index in [1.807, 2.05) is 64.2 Å². The third-order valence-electron chi connectivity index (χ3n) is 5.32.